The van der Waals surface area contributed by atoms with Crippen molar-refractivity contribution < 1.29 is 9.47 Å². The van der Waals surface area contributed by atoms with Gasteiger partial charge in [-0.15, -0.1) is 0 Å². The molecule has 1 aromatic rings. The highest BCUT2D eigenvalue weighted by atomic mass is 16.5. The minimum atomic E-state index is 0.0785. The number of aromatic nitrogens is 2. The molecule has 20 heavy (non-hydrogen) atoms. The Morgan fingerprint density at radius 3 is 2.75 bits per heavy atom. The number of hydrogen-bond acceptors (Lipinski definition) is 5. The van der Waals surface area contributed by atoms with Gasteiger partial charge in [0, 0.05) is 18.7 Å². The Labute approximate surface area is 121 Å². The van der Waals surface area contributed by atoms with Gasteiger partial charge in [0.1, 0.15) is 6.61 Å². The van der Waals surface area contributed by atoms with E-state index in [2.05, 4.69) is 36.1 Å². The zero-order chi connectivity index (χ0) is 14.4. The van der Waals surface area contributed by atoms with Gasteiger partial charge in [0.15, 0.2) is 0 Å². The van der Waals surface area contributed by atoms with Crippen LogP contribution in [0.3, 0.4) is 0 Å². The number of nitrogens with zero attached hydrogens (tertiary/aromatic N) is 2. The lowest BCUT2D eigenvalue weighted by Gasteiger charge is -2.22. The van der Waals surface area contributed by atoms with Gasteiger partial charge in [0.2, 0.25) is 5.88 Å². The fraction of sp³-hybridized carbons (Fsp3) is 0.733. The average molecular weight is 279 g/mol. The predicted molar refractivity (Wildman–Crippen MR) is 77.7 cm³/mol. The van der Waals surface area contributed by atoms with E-state index in [0.29, 0.717) is 19.0 Å². The van der Waals surface area contributed by atoms with Gasteiger partial charge in [0.05, 0.1) is 24.2 Å². The smallest absolute Gasteiger partial charge is 0.232 e. The summed E-state index contributed by atoms with van der Waals surface area (Å²) in [5.41, 5.74) is 0.996. The van der Waals surface area contributed by atoms with Crippen molar-refractivity contribution >= 4 is 0 Å². The minimum absolute atomic E-state index is 0.0785. The molecule has 112 valence electrons. The lowest BCUT2D eigenvalue weighted by Crippen LogP contribution is -2.35. The Hall–Kier alpha value is -1.20. The molecular weight excluding hydrogens is 254 g/mol. The van der Waals surface area contributed by atoms with Crippen molar-refractivity contribution in [2.24, 2.45) is 0 Å². The highest BCUT2D eigenvalue weighted by Crippen LogP contribution is 2.14. The SMILES string of the molecule is CC(C)(C)NCc1cnc(OCC2CCCCO2)cn1. The third-order valence-corrected chi connectivity index (χ3v) is 3.17. The predicted octanol–water partition coefficient (Wildman–Crippen LogP) is 2.31. The third-order valence-electron chi connectivity index (χ3n) is 3.17. The molecule has 1 aliphatic rings. The molecule has 0 radical (unpaired) electrons. The van der Waals surface area contributed by atoms with Crippen LogP contribution in [0.1, 0.15) is 45.7 Å². The van der Waals surface area contributed by atoms with Crippen LogP contribution in [0, 0.1) is 0 Å². The van der Waals surface area contributed by atoms with Crippen molar-refractivity contribution in [1.29, 1.82) is 0 Å². The summed E-state index contributed by atoms with van der Waals surface area (Å²) in [4.78, 5) is 8.64. The van der Waals surface area contributed by atoms with Crippen LogP contribution in [0.4, 0.5) is 0 Å². The van der Waals surface area contributed by atoms with Crippen molar-refractivity contribution in [3.63, 3.8) is 0 Å². The Bertz CT molecular complexity index is 395. The first-order chi connectivity index (χ1) is 9.53. The zero-order valence-electron chi connectivity index (χ0n) is 12.7. The summed E-state index contributed by atoms with van der Waals surface area (Å²) < 4.78 is 11.2. The third kappa shape index (κ3) is 5.43. The second kappa shape index (κ2) is 6.99. The van der Waals surface area contributed by atoms with E-state index in [0.717, 1.165) is 25.1 Å². The zero-order valence-corrected chi connectivity index (χ0v) is 12.7. The molecule has 0 aliphatic carbocycles. The standard InChI is InChI=1S/C15H25N3O2/c1-15(2,3)18-9-12-8-17-14(10-16-12)20-11-13-6-4-5-7-19-13/h8,10,13,18H,4-7,9,11H2,1-3H3. The highest BCUT2D eigenvalue weighted by molar-refractivity contribution is 5.07. The maximum Gasteiger partial charge on any atom is 0.232 e. The monoisotopic (exact) mass is 279 g/mol. The van der Waals surface area contributed by atoms with Crippen LogP contribution in [0.15, 0.2) is 12.4 Å². The van der Waals surface area contributed by atoms with Crippen molar-refractivity contribution in [3.05, 3.63) is 18.1 Å². The average Bonchev–Trinajstić information content (AvgIpc) is 2.44. The lowest BCUT2D eigenvalue weighted by atomic mass is 10.1. The molecule has 1 N–H and O–H groups in total. The molecule has 2 heterocycles. The van der Waals surface area contributed by atoms with Gasteiger partial charge in [-0.1, -0.05) is 0 Å². The maximum absolute atomic E-state index is 5.63. The molecule has 1 unspecified atom stereocenters. The molecule has 0 aromatic carbocycles. The van der Waals surface area contributed by atoms with E-state index in [1.165, 1.54) is 6.42 Å². The summed E-state index contributed by atoms with van der Waals surface area (Å²) in [5.74, 6) is 0.568. The Morgan fingerprint density at radius 2 is 2.15 bits per heavy atom. The molecule has 0 spiro atoms. The maximum atomic E-state index is 5.63. The van der Waals surface area contributed by atoms with Crippen molar-refractivity contribution in [3.8, 4) is 5.88 Å². The molecule has 1 atom stereocenters. The van der Waals surface area contributed by atoms with E-state index < -0.39 is 0 Å². The number of rotatable bonds is 5. The molecule has 5 heteroatoms. The van der Waals surface area contributed by atoms with Crippen molar-refractivity contribution in [2.45, 2.75) is 58.2 Å². The van der Waals surface area contributed by atoms with Gasteiger partial charge >= 0.3 is 0 Å². The van der Waals surface area contributed by atoms with E-state index in [1.807, 2.05) is 0 Å². The molecule has 1 fully saturated rings. The van der Waals surface area contributed by atoms with Gasteiger partial charge in [-0.25, -0.2) is 4.98 Å². The van der Waals surface area contributed by atoms with Crippen LogP contribution >= 0.6 is 0 Å². The first kappa shape index (κ1) is 15.2. The summed E-state index contributed by atoms with van der Waals surface area (Å²) in [6, 6.07) is 0. The molecule has 0 saturated carbocycles. The summed E-state index contributed by atoms with van der Waals surface area (Å²) in [7, 11) is 0. The number of ether oxygens (including phenoxy) is 2. The van der Waals surface area contributed by atoms with E-state index in [4.69, 9.17) is 9.47 Å². The fourth-order valence-corrected chi connectivity index (χ4v) is 1.98. The second-order valence-corrected chi connectivity index (χ2v) is 6.25. The van der Waals surface area contributed by atoms with Crippen LogP contribution in [0.2, 0.25) is 0 Å². The van der Waals surface area contributed by atoms with Gasteiger partial charge in [-0.05, 0) is 40.0 Å². The lowest BCUT2D eigenvalue weighted by molar-refractivity contribution is -0.0120. The van der Waals surface area contributed by atoms with Crippen molar-refractivity contribution in [2.75, 3.05) is 13.2 Å². The largest absolute Gasteiger partial charge is 0.474 e. The topological polar surface area (TPSA) is 56.3 Å². The summed E-state index contributed by atoms with van der Waals surface area (Å²) in [6.45, 7) is 8.50. The van der Waals surface area contributed by atoms with E-state index >= 15 is 0 Å². The Kier molecular flexibility index (Phi) is 5.31. The van der Waals surface area contributed by atoms with Crippen LogP contribution in [-0.4, -0.2) is 34.8 Å². The molecule has 5 nitrogen and oxygen atoms in total. The van der Waals surface area contributed by atoms with Crippen LogP contribution < -0.4 is 10.1 Å². The van der Waals surface area contributed by atoms with E-state index in [9.17, 15) is 0 Å². The number of nitrogens with one attached hydrogen (secondary N) is 1. The molecule has 2 rings (SSSR count). The summed E-state index contributed by atoms with van der Waals surface area (Å²) in [5, 5.41) is 3.38. The molecule has 1 saturated heterocycles. The minimum Gasteiger partial charge on any atom is -0.474 e. The Morgan fingerprint density at radius 1 is 1.30 bits per heavy atom. The van der Waals surface area contributed by atoms with Crippen LogP contribution in [0.25, 0.3) is 0 Å². The first-order valence-corrected chi connectivity index (χ1v) is 7.33. The summed E-state index contributed by atoms with van der Waals surface area (Å²) in [6.07, 6.45) is 7.09. The number of hydrogen-bond donors (Lipinski definition) is 1. The molecule has 1 aliphatic heterocycles. The fourth-order valence-electron chi connectivity index (χ4n) is 1.98. The van der Waals surface area contributed by atoms with Crippen molar-refractivity contribution in [1.82, 2.24) is 15.3 Å². The van der Waals surface area contributed by atoms with E-state index in [1.54, 1.807) is 12.4 Å². The quantitative estimate of drug-likeness (QED) is 0.896. The van der Waals surface area contributed by atoms with E-state index in [-0.39, 0.29) is 11.6 Å². The van der Waals surface area contributed by atoms with Gasteiger partial charge in [-0.2, -0.15) is 0 Å². The van der Waals surface area contributed by atoms with Gasteiger partial charge in [0.25, 0.3) is 0 Å². The first-order valence-electron chi connectivity index (χ1n) is 7.33. The van der Waals surface area contributed by atoms with Crippen LogP contribution in [-0.2, 0) is 11.3 Å². The highest BCUT2D eigenvalue weighted by Gasteiger charge is 2.15. The molecule has 1 aromatic heterocycles. The molecular formula is C15H25N3O2. The summed E-state index contributed by atoms with van der Waals surface area (Å²) >= 11 is 0. The second-order valence-electron chi connectivity index (χ2n) is 6.25. The normalized spacial score (nSPS) is 19.9. The Balaban J connectivity index is 1.76. The molecule has 0 bridgehead atoms. The van der Waals surface area contributed by atoms with Crippen LogP contribution in [0.5, 0.6) is 5.88 Å². The van der Waals surface area contributed by atoms with Gasteiger partial charge < -0.3 is 14.8 Å². The van der Waals surface area contributed by atoms with Gasteiger partial charge in [-0.3, -0.25) is 4.98 Å². The molecule has 0 amide bonds.